The van der Waals surface area contributed by atoms with Crippen molar-refractivity contribution in [2.24, 2.45) is 0 Å². The fourth-order valence-electron chi connectivity index (χ4n) is 3.74. The second kappa shape index (κ2) is 10.6. The van der Waals surface area contributed by atoms with E-state index in [4.69, 9.17) is 4.74 Å². The minimum Gasteiger partial charge on any atom is -0.445 e. The van der Waals surface area contributed by atoms with E-state index >= 15 is 0 Å². The molecule has 182 valence electrons. The van der Waals surface area contributed by atoms with Gasteiger partial charge in [0.2, 0.25) is 5.78 Å². The number of carbonyl (C=O) groups is 2. The van der Waals surface area contributed by atoms with Crippen LogP contribution in [0.25, 0.3) is 0 Å². The number of carbonyl (C=O) groups excluding carboxylic acids is 2. The Kier molecular flexibility index (Phi) is 7.31. The van der Waals surface area contributed by atoms with Gasteiger partial charge in [-0.15, -0.1) is 0 Å². The molecule has 36 heavy (non-hydrogen) atoms. The zero-order valence-corrected chi connectivity index (χ0v) is 20.7. The van der Waals surface area contributed by atoms with Crippen molar-refractivity contribution in [3.63, 3.8) is 0 Å². The second-order valence-electron chi connectivity index (χ2n) is 8.38. The summed E-state index contributed by atoms with van der Waals surface area (Å²) in [5.74, 6) is -1.17. The van der Waals surface area contributed by atoms with Crippen molar-refractivity contribution in [2.45, 2.75) is 24.8 Å². The van der Waals surface area contributed by atoms with Crippen LogP contribution < -0.4 is 4.72 Å². The summed E-state index contributed by atoms with van der Waals surface area (Å²) < 4.78 is 34.3. The average molecular weight is 500 g/mol. The van der Waals surface area contributed by atoms with Crippen LogP contribution in [0.5, 0.6) is 0 Å². The summed E-state index contributed by atoms with van der Waals surface area (Å²) in [7, 11) is -3.97. The molecule has 6 nitrogen and oxygen atoms in total. The Balaban J connectivity index is 1.65. The van der Waals surface area contributed by atoms with Crippen LogP contribution in [0.2, 0.25) is 0 Å². The first-order valence-corrected chi connectivity index (χ1v) is 12.8. The van der Waals surface area contributed by atoms with E-state index in [1.54, 1.807) is 85.8 Å². The number of Topliss-reactive ketones (excluding diaryl/α,β-unsaturated/α-hetero) is 1. The molecular formula is C29H25NO5S. The number of hydrogen-bond donors (Lipinski definition) is 1. The van der Waals surface area contributed by atoms with Crippen molar-refractivity contribution < 1.29 is 22.7 Å². The Morgan fingerprint density at radius 1 is 0.778 bits per heavy atom. The van der Waals surface area contributed by atoms with Crippen LogP contribution in [0.4, 0.5) is 5.69 Å². The van der Waals surface area contributed by atoms with E-state index in [-0.39, 0.29) is 16.2 Å². The average Bonchev–Trinajstić information content (AvgIpc) is 2.87. The summed E-state index contributed by atoms with van der Waals surface area (Å²) in [4.78, 5) is 26.5. The summed E-state index contributed by atoms with van der Waals surface area (Å²) in [6.07, 6.45) is -1.19. The predicted molar refractivity (Wildman–Crippen MR) is 139 cm³/mol. The molecule has 4 rings (SSSR count). The van der Waals surface area contributed by atoms with Gasteiger partial charge in [-0.2, -0.15) is 0 Å². The van der Waals surface area contributed by atoms with Crippen LogP contribution in [-0.4, -0.2) is 20.2 Å². The largest absolute Gasteiger partial charge is 0.445 e. The summed E-state index contributed by atoms with van der Waals surface area (Å²) in [6.45, 7) is 3.54. The van der Waals surface area contributed by atoms with E-state index < -0.39 is 22.1 Å². The molecule has 0 aromatic heterocycles. The first kappa shape index (κ1) is 24.9. The van der Waals surface area contributed by atoms with E-state index in [0.29, 0.717) is 22.4 Å². The van der Waals surface area contributed by atoms with Gasteiger partial charge in [0.1, 0.15) is 0 Å². The molecule has 0 aliphatic rings. The van der Waals surface area contributed by atoms with Crippen molar-refractivity contribution in [3.8, 4) is 0 Å². The molecule has 0 aliphatic carbocycles. The molecule has 0 saturated heterocycles. The van der Waals surface area contributed by atoms with Crippen molar-refractivity contribution >= 4 is 27.5 Å². The molecular weight excluding hydrogens is 474 g/mol. The zero-order valence-electron chi connectivity index (χ0n) is 19.8. The fourth-order valence-corrected chi connectivity index (χ4v) is 4.81. The lowest BCUT2D eigenvalue weighted by atomic mass is 9.99. The number of benzene rings is 4. The first-order chi connectivity index (χ1) is 17.2. The second-order valence-corrected chi connectivity index (χ2v) is 10.1. The van der Waals surface area contributed by atoms with Crippen LogP contribution in [0.3, 0.4) is 0 Å². The van der Waals surface area contributed by atoms with Gasteiger partial charge in [-0.3, -0.25) is 9.52 Å². The summed E-state index contributed by atoms with van der Waals surface area (Å²) in [5.41, 5.74) is 2.81. The standard InChI is InChI=1S/C29H25NO5S/c1-20-10-9-15-24(18-20)30-36(33,34)25-17-16-21(2)26(19-25)29(32)35-28(23-13-7-4-8-14-23)27(31)22-11-5-3-6-12-22/h3-19,28,30H,1-2H3. The Hall–Kier alpha value is -4.23. The molecule has 0 aliphatic heterocycles. The summed E-state index contributed by atoms with van der Waals surface area (Å²) in [6, 6.07) is 28.5. The van der Waals surface area contributed by atoms with Crippen LogP contribution in [-0.2, 0) is 14.8 Å². The lowest BCUT2D eigenvalue weighted by Crippen LogP contribution is -2.21. The third kappa shape index (κ3) is 5.70. The highest BCUT2D eigenvalue weighted by atomic mass is 32.2. The number of esters is 1. The zero-order chi connectivity index (χ0) is 25.7. The van der Waals surface area contributed by atoms with Gasteiger partial charge in [0.25, 0.3) is 10.0 Å². The molecule has 1 N–H and O–H groups in total. The summed E-state index contributed by atoms with van der Waals surface area (Å²) in [5, 5.41) is 0. The number of aryl methyl sites for hydroxylation is 2. The van der Waals surface area contributed by atoms with Gasteiger partial charge >= 0.3 is 5.97 Å². The van der Waals surface area contributed by atoms with Gasteiger partial charge in [0, 0.05) is 16.8 Å². The van der Waals surface area contributed by atoms with Crippen LogP contribution in [0.15, 0.2) is 108 Å². The lowest BCUT2D eigenvalue weighted by molar-refractivity contribution is 0.0279. The monoisotopic (exact) mass is 499 g/mol. The van der Waals surface area contributed by atoms with Crippen molar-refractivity contribution in [2.75, 3.05) is 4.72 Å². The highest BCUT2D eigenvalue weighted by Crippen LogP contribution is 2.26. The first-order valence-electron chi connectivity index (χ1n) is 11.3. The molecule has 0 amide bonds. The molecule has 0 heterocycles. The molecule has 0 spiro atoms. The van der Waals surface area contributed by atoms with Crippen molar-refractivity contribution in [3.05, 3.63) is 131 Å². The van der Waals surface area contributed by atoms with Gasteiger partial charge < -0.3 is 4.74 Å². The maximum Gasteiger partial charge on any atom is 0.339 e. The van der Waals surface area contributed by atoms with E-state index in [1.165, 1.54) is 18.2 Å². The van der Waals surface area contributed by atoms with E-state index in [2.05, 4.69) is 4.72 Å². The minimum atomic E-state index is -3.97. The highest BCUT2D eigenvalue weighted by molar-refractivity contribution is 7.92. The van der Waals surface area contributed by atoms with Gasteiger partial charge in [-0.25, -0.2) is 13.2 Å². The highest BCUT2D eigenvalue weighted by Gasteiger charge is 2.28. The number of ketones is 1. The number of nitrogens with one attached hydrogen (secondary N) is 1. The van der Waals surface area contributed by atoms with Crippen LogP contribution >= 0.6 is 0 Å². The predicted octanol–water partition coefficient (Wildman–Crippen LogP) is 5.89. The number of anilines is 1. The molecule has 7 heteroatoms. The third-order valence-corrected chi connectivity index (χ3v) is 7.01. The number of rotatable bonds is 8. The molecule has 4 aromatic rings. The van der Waals surface area contributed by atoms with Gasteiger partial charge in [0.15, 0.2) is 6.10 Å². The normalized spacial score (nSPS) is 11.9. The van der Waals surface area contributed by atoms with Crippen molar-refractivity contribution in [1.82, 2.24) is 0 Å². The maximum atomic E-state index is 13.3. The van der Waals surface area contributed by atoms with Crippen LogP contribution in [0, 0.1) is 13.8 Å². The molecule has 0 radical (unpaired) electrons. The third-order valence-electron chi connectivity index (χ3n) is 5.63. The smallest absolute Gasteiger partial charge is 0.339 e. The Labute approximate surface area is 210 Å². The fraction of sp³-hybridized carbons (Fsp3) is 0.103. The molecule has 0 bridgehead atoms. The number of sulfonamides is 1. The molecule has 0 fully saturated rings. The topological polar surface area (TPSA) is 89.5 Å². The molecule has 0 saturated carbocycles. The Morgan fingerprint density at radius 3 is 2.11 bits per heavy atom. The number of ether oxygens (including phenoxy) is 1. The van der Waals surface area contributed by atoms with Gasteiger partial charge in [0.05, 0.1) is 10.5 Å². The van der Waals surface area contributed by atoms with Gasteiger partial charge in [-0.1, -0.05) is 78.9 Å². The molecule has 1 unspecified atom stereocenters. The Morgan fingerprint density at radius 2 is 1.44 bits per heavy atom. The quantitative estimate of drug-likeness (QED) is 0.241. The van der Waals surface area contributed by atoms with E-state index in [1.807, 2.05) is 13.0 Å². The van der Waals surface area contributed by atoms with Gasteiger partial charge in [-0.05, 0) is 49.2 Å². The Bertz CT molecular complexity index is 1500. The molecule has 4 aromatic carbocycles. The summed E-state index contributed by atoms with van der Waals surface area (Å²) >= 11 is 0. The molecule has 1 atom stereocenters. The SMILES string of the molecule is Cc1cccc(NS(=O)(=O)c2ccc(C)c(C(=O)OC(C(=O)c3ccccc3)c3ccccc3)c2)c1. The van der Waals surface area contributed by atoms with Crippen LogP contribution in [0.1, 0.15) is 43.5 Å². The maximum absolute atomic E-state index is 13.3. The minimum absolute atomic E-state index is 0.0592. The van der Waals surface area contributed by atoms with E-state index in [9.17, 15) is 18.0 Å². The lowest BCUT2D eigenvalue weighted by Gasteiger charge is -2.18. The number of hydrogen-bond acceptors (Lipinski definition) is 5. The van der Waals surface area contributed by atoms with E-state index in [0.717, 1.165) is 5.56 Å². The van der Waals surface area contributed by atoms with Crippen molar-refractivity contribution in [1.29, 1.82) is 0 Å².